The molecule has 0 amide bonds. The molecule has 78 valence electrons. The van der Waals surface area contributed by atoms with Gasteiger partial charge in [0.25, 0.3) is 0 Å². The van der Waals surface area contributed by atoms with E-state index in [1.54, 1.807) is 0 Å². The lowest BCUT2D eigenvalue weighted by molar-refractivity contribution is -0.146. The van der Waals surface area contributed by atoms with E-state index in [1.165, 1.54) is 7.11 Å². The molecule has 1 aliphatic rings. The Labute approximate surface area is 84.9 Å². The zero-order valence-corrected chi connectivity index (χ0v) is 8.99. The Morgan fingerprint density at radius 3 is 2.79 bits per heavy atom. The second-order valence-electron chi connectivity index (χ2n) is 3.82. The van der Waals surface area contributed by atoms with Crippen LogP contribution in [0.25, 0.3) is 0 Å². The third kappa shape index (κ3) is 2.69. The molecule has 0 saturated heterocycles. The lowest BCUT2D eigenvalue weighted by atomic mass is 9.91. The molecule has 1 atom stereocenters. The fourth-order valence-electron chi connectivity index (χ4n) is 1.52. The molecule has 14 heavy (non-hydrogen) atoms. The standard InChI is InChI=1S/C11H17NO2/c1-8(2)10(11(13)14-3)7-9-5-4-6-12-9/h5-6,8,10H,4,7H2,1-3H3/t10-/m1/s1. The number of nitrogens with zero attached hydrogens (tertiary/aromatic N) is 1. The smallest absolute Gasteiger partial charge is 0.309 e. The van der Waals surface area contributed by atoms with Crippen LogP contribution < -0.4 is 0 Å². The quantitative estimate of drug-likeness (QED) is 0.645. The predicted octanol–water partition coefficient (Wildman–Crippen LogP) is 2.18. The first-order chi connectivity index (χ1) is 6.65. The summed E-state index contributed by atoms with van der Waals surface area (Å²) in [5.41, 5.74) is 1.01. The third-order valence-electron chi connectivity index (χ3n) is 2.45. The summed E-state index contributed by atoms with van der Waals surface area (Å²) in [5, 5.41) is 0. The highest BCUT2D eigenvalue weighted by atomic mass is 16.5. The first kappa shape index (κ1) is 11.0. The van der Waals surface area contributed by atoms with Crippen molar-refractivity contribution in [3.63, 3.8) is 0 Å². The number of hydrogen-bond acceptors (Lipinski definition) is 3. The maximum absolute atomic E-state index is 11.4. The monoisotopic (exact) mass is 195 g/mol. The largest absolute Gasteiger partial charge is 0.469 e. The zero-order valence-electron chi connectivity index (χ0n) is 8.99. The van der Waals surface area contributed by atoms with Crippen molar-refractivity contribution in [2.24, 2.45) is 16.8 Å². The number of methoxy groups -OCH3 is 1. The summed E-state index contributed by atoms with van der Waals surface area (Å²) in [6.07, 6.45) is 5.50. The van der Waals surface area contributed by atoms with Crippen LogP contribution in [0.2, 0.25) is 0 Å². The van der Waals surface area contributed by atoms with Crippen molar-refractivity contribution in [1.29, 1.82) is 0 Å². The van der Waals surface area contributed by atoms with Crippen LogP contribution in [0, 0.1) is 11.8 Å². The molecule has 0 N–H and O–H groups in total. The van der Waals surface area contributed by atoms with E-state index in [9.17, 15) is 4.79 Å². The maximum atomic E-state index is 11.4. The summed E-state index contributed by atoms with van der Waals surface area (Å²) < 4.78 is 4.77. The molecule has 1 rings (SSSR count). The first-order valence-corrected chi connectivity index (χ1v) is 4.94. The topological polar surface area (TPSA) is 38.7 Å². The van der Waals surface area contributed by atoms with E-state index in [2.05, 4.69) is 11.1 Å². The van der Waals surface area contributed by atoms with E-state index >= 15 is 0 Å². The Kier molecular flexibility index (Phi) is 3.86. The van der Waals surface area contributed by atoms with Gasteiger partial charge in [0.05, 0.1) is 13.0 Å². The van der Waals surface area contributed by atoms with Crippen LogP contribution in [0.5, 0.6) is 0 Å². The van der Waals surface area contributed by atoms with E-state index in [0.29, 0.717) is 12.3 Å². The van der Waals surface area contributed by atoms with Crippen LogP contribution in [0.3, 0.4) is 0 Å². The van der Waals surface area contributed by atoms with Gasteiger partial charge >= 0.3 is 5.97 Å². The van der Waals surface area contributed by atoms with Crippen LogP contribution in [-0.2, 0) is 9.53 Å². The minimum atomic E-state index is -0.136. The van der Waals surface area contributed by atoms with Gasteiger partial charge in [0.2, 0.25) is 0 Å². The number of aliphatic imine (C=N–C) groups is 1. The molecule has 1 heterocycles. The molecule has 0 aromatic carbocycles. The molecule has 0 fully saturated rings. The minimum absolute atomic E-state index is 0.0681. The Balaban J connectivity index is 2.59. The maximum Gasteiger partial charge on any atom is 0.309 e. The highest BCUT2D eigenvalue weighted by Crippen LogP contribution is 2.23. The average Bonchev–Trinajstić information content (AvgIpc) is 2.65. The third-order valence-corrected chi connectivity index (χ3v) is 2.45. The Bertz CT molecular complexity index is 266. The van der Waals surface area contributed by atoms with Crippen molar-refractivity contribution in [3.8, 4) is 0 Å². The number of esters is 1. The molecule has 0 spiro atoms. The lowest BCUT2D eigenvalue weighted by Crippen LogP contribution is -2.21. The second-order valence-corrected chi connectivity index (χ2v) is 3.82. The molecule has 0 aromatic rings. The highest BCUT2D eigenvalue weighted by molar-refractivity contribution is 5.73. The first-order valence-electron chi connectivity index (χ1n) is 4.94. The van der Waals surface area contributed by atoms with Crippen molar-refractivity contribution in [3.05, 3.63) is 11.8 Å². The van der Waals surface area contributed by atoms with Gasteiger partial charge in [-0.2, -0.15) is 0 Å². The van der Waals surface area contributed by atoms with Gasteiger partial charge in [-0.1, -0.05) is 19.9 Å². The molecule has 0 bridgehead atoms. The molecule has 0 saturated carbocycles. The molecule has 0 aliphatic carbocycles. The predicted molar refractivity (Wildman–Crippen MR) is 56.2 cm³/mol. The number of carbonyl (C=O) groups is 1. The summed E-state index contributed by atoms with van der Waals surface area (Å²) in [6, 6.07) is 0. The van der Waals surface area contributed by atoms with E-state index in [1.807, 2.05) is 20.1 Å². The van der Waals surface area contributed by atoms with Crippen molar-refractivity contribution in [1.82, 2.24) is 0 Å². The van der Waals surface area contributed by atoms with Gasteiger partial charge in [-0.25, -0.2) is 0 Å². The minimum Gasteiger partial charge on any atom is -0.469 e. The summed E-state index contributed by atoms with van der Waals surface area (Å²) in [4.78, 5) is 15.6. The van der Waals surface area contributed by atoms with Crippen molar-refractivity contribution in [2.45, 2.75) is 26.7 Å². The molecule has 0 aromatic heterocycles. The van der Waals surface area contributed by atoms with E-state index in [-0.39, 0.29) is 11.9 Å². The number of ether oxygens (including phenoxy) is 1. The molecule has 1 aliphatic heterocycles. The molecule has 3 nitrogen and oxygen atoms in total. The Morgan fingerprint density at radius 2 is 2.36 bits per heavy atom. The van der Waals surface area contributed by atoms with Gasteiger partial charge in [0.1, 0.15) is 0 Å². The summed E-state index contributed by atoms with van der Waals surface area (Å²) in [7, 11) is 1.43. The molecular formula is C11H17NO2. The van der Waals surface area contributed by atoms with Crippen LogP contribution in [0.15, 0.2) is 16.8 Å². The number of carbonyl (C=O) groups excluding carboxylic acids is 1. The van der Waals surface area contributed by atoms with Gasteiger partial charge in [0.15, 0.2) is 0 Å². The van der Waals surface area contributed by atoms with E-state index < -0.39 is 0 Å². The van der Waals surface area contributed by atoms with Gasteiger partial charge in [-0.05, 0) is 5.92 Å². The van der Waals surface area contributed by atoms with Crippen molar-refractivity contribution >= 4 is 12.2 Å². The number of allylic oxidation sites excluding steroid dienone is 2. The molecule has 3 heteroatoms. The van der Waals surface area contributed by atoms with Crippen LogP contribution >= 0.6 is 0 Å². The lowest BCUT2D eigenvalue weighted by Gasteiger charge is -2.17. The fourth-order valence-corrected chi connectivity index (χ4v) is 1.52. The van der Waals surface area contributed by atoms with E-state index in [4.69, 9.17) is 4.74 Å². The Morgan fingerprint density at radius 1 is 1.64 bits per heavy atom. The van der Waals surface area contributed by atoms with Crippen LogP contribution in [0.4, 0.5) is 0 Å². The van der Waals surface area contributed by atoms with Gasteiger partial charge < -0.3 is 4.74 Å². The summed E-state index contributed by atoms with van der Waals surface area (Å²) >= 11 is 0. The highest BCUT2D eigenvalue weighted by Gasteiger charge is 2.24. The molecule has 0 radical (unpaired) electrons. The number of hydrogen-bond donors (Lipinski definition) is 0. The number of rotatable bonds is 4. The SMILES string of the molecule is COC(=O)[C@H](CC1=CCC=N1)C(C)C. The summed E-state index contributed by atoms with van der Waals surface area (Å²) in [5.74, 6) is 0.0867. The molecule has 0 unspecified atom stereocenters. The second kappa shape index (κ2) is 4.94. The fraction of sp³-hybridized carbons (Fsp3) is 0.636. The van der Waals surface area contributed by atoms with Crippen molar-refractivity contribution in [2.75, 3.05) is 7.11 Å². The van der Waals surface area contributed by atoms with Gasteiger partial charge in [-0.15, -0.1) is 0 Å². The van der Waals surface area contributed by atoms with Gasteiger partial charge in [-0.3, -0.25) is 9.79 Å². The average molecular weight is 195 g/mol. The van der Waals surface area contributed by atoms with Crippen LogP contribution in [-0.4, -0.2) is 19.3 Å². The Hall–Kier alpha value is -1.12. The normalized spacial score (nSPS) is 17.0. The van der Waals surface area contributed by atoms with Gasteiger partial charge in [0, 0.05) is 24.8 Å². The van der Waals surface area contributed by atoms with Crippen LogP contribution in [0.1, 0.15) is 26.7 Å². The van der Waals surface area contributed by atoms with Crippen molar-refractivity contribution < 1.29 is 9.53 Å². The van der Waals surface area contributed by atoms with E-state index in [0.717, 1.165) is 12.1 Å². The zero-order chi connectivity index (χ0) is 10.6. The summed E-state index contributed by atoms with van der Waals surface area (Å²) in [6.45, 7) is 4.06. The molecular weight excluding hydrogens is 178 g/mol.